The molecule has 21 heavy (non-hydrogen) atoms. The van der Waals surface area contributed by atoms with E-state index in [-0.39, 0.29) is 5.91 Å². The maximum Gasteiger partial charge on any atom is 0.275 e. The molecule has 0 unspecified atom stereocenters. The van der Waals surface area contributed by atoms with Gasteiger partial charge in [-0.2, -0.15) is 5.10 Å². The molecule has 1 aromatic heterocycles. The maximum atomic E-state index is 12.9. The SMILES string of the molecule is Nc1ccc2[nH]nc(C(=O)N(CC3CC3)CC3CC3)c2c1. The summed E-state index contributed by atoms with van der Waals surface area (Å²) in [5, 5.41) is 8.01. The molecule has 1 amide bonds. The first kappa shape index (κ1) is 12.7. The molecule has 2 fully saturated rings. The Labute approximate surface area is 123 Å². The van der Waals surface area contributed by atoms with Crippen LogP contribution < -0.4 is 5.73 Å². The molecule has 5 heteroatoms. The topological polar surface area (TPSA) is 75.0 Å². The van der Waals surface area contributed by atoms with Crippen molar-refractivity contribution in [3.8, 4) is 0 Å². The van der Waals surface area contributed by atoms with E-state index in [4.69, 9.17) is 5.73 Å². The number of hydrogen-bond donors (Lipinski definition) is 2. The highest BCUT2D eigenvalue weighted by molar-refractivity contribution is 6.05. The van der Waals surface area contributed by atoms with Crippen LogP contribution in [-0.2, 0) is 0 Å². The van der Waals surface area contributed by atoms with Crippen molar-refractivity contribution in [1.29, 1.82) is 0 Å². The molecule has 1 aromatic carbocycles. The number of rotatable bonds is 5. The minimum absolute atomic E-state index is 0.0469. The van der Waals surface area contributed by atoms with Crippen LogP contribution in [0.15, 0.2) is 18.2 Å². The molecule has 1 heterocycles. The molecule has 2 saturated carbocycles. The number of hydrogen-bond acceptors (Lipinski definition) is 3. The fourth-order valence-electron chi connectivity index (χ4n) is 2.81. The Hall–Kier alpha value is -2.04. The van der Waals surface area contributed by atoms with E-state index < -0.39 is 0 Å². The average Bonchev–Trinajstić information content (AvgIpc) is 3.38. The molecular weight excluding hydrogens is 264 g/mol. The lowest BCUT2D eigenvalue weighted by atomic mass is 10.1. The Morgan fingerprint density at radius 2 is 1.90 bits per heavy atom. The summed E-state index contributed by atoms with van der Waals surface area (Å²) in [5.74, 6) is 1.44. The number of nitrogen functional groups attached to an aromatic ring is 1. The van der Waals surface area contributed by atoms with Crippen LogP contribution in [0.4, 0.5) is 5.69 Å². The van der Waals surface area contributed by atoms with Gasteiger partial charge in [-0.25, -0.2) is 0 Å². The Morgan fingerprint density at radius 3 is 2.52 bits per heavy atom. The van der Waals surface area contributed by atoms with E-state index in [1.54, 1.807) is 0 Å². The van der Waals surface area contributed by atoms with E-state index in [9.17, 15) is 4.79 Å². The van der Waals surface area contributed by atoms with Crippen molar-refractivity contribution in [1.82, 2.24) is 15.1 Å². The van der Waals surface area contributed by atoms with Gasteiger partial charge in [0.05, 0.1) is 5.52 Å². The third-order valence-electron chi connectivity index (χ3n) is 4.43. The first-order valence-corrected chi connectivity index (χ1v) is 7.73. The minimum atomic E-state index is 0.0469. The second kappa shape index (κ2) is 4.76. The number of fused-ring (bicyclic) bond motifs is 1. The number of carbonyl (C=O) groups is 1. The van der Waals surface area contributed by atoms with Crippen LogP contribution in [0.3, 0.4) is 0 Å². The Bertz CT molecular complexity index is 671. The monoisotopic (exact) mass is 284 g/mol. The summed E-state index contributed by atoms with van der Waals surface area (Å²) >= 11 is 0. The van der Waals surface area contributed by atoms with Gasteiger partial charge in [0.15, 0.2) is 5.69 Å². The molecule has 0 bridgehead atoms. The van der Waals surface area contributed by atoms with Gasteiger partial charge in [0.1, 0.15) is 0 Å². The molecular formula is C16H20N4O. The summed E-state index contributed by atoms with van der Waals surface area (Å²) in [6, 6.07) is 5.53. The normalized spacial score (nSPS) is 18.1. The predicted molar refractivity (Wildman–Crippen MR) is 81.9 cm³/mol. The quantitative estimate of drug-likeness (QED) is 0.828. The molecule has 0 aliphatic heterocycles. The fraction of sp³-hybridized carbons (Fsp3) is 0.500. The van der Waals surface area contributed by atoms with E-state index in [1.165, 1.54) is 25.7 Å². The molecule has 3 N–H and O–H groups in total. The van der Waals surface area contributed by atoms with E-state index >= 15 is 0 Å². The van der Waals surface area contributed by atoms with Crippen molar-refractivity contribution >= 4 is 22.5 Å². The number of aromatic nitrogens is 2. The summed E-state index contributed by atoms with van der Waals surface area (Å²) in [6.07, 6.45) is 5.01. The third-order valence-corrected chi connectivity index (χ3v) is 4.43. The zero-order chi connectivity index (χ0) is 14.4. The summed E-state index contributed by atoms with van der Waals surface area (Å²) in [5.41, 5.74) is 7.88. The standard InChI is InChI=1S/C16H20N4O/c17-12-5-6-14-13(7-12)15(19-18-14)16(21)20(8-10-1-2-10)9-11-3-4-11/h5-7,10-11H,1-4,8-9,17H2,(H,18,19). The second-order valence-electron chi connectivity index (χ2n) is 6.47. The van der Waals surface area contributed by atoms with Gasteiger partial charge in [-0.1, -0.05) is 0 Å². The first-order chi connectivity index (χ1) is 10.2. The number of benzene rings is 1. The first-order valence-electron chi connectivity index (χ1n) is 7.73. The third kappa shape index (κ3) is 2.60. The van der Waals surface area contributed by atoms with E-state index in [1.807, 2.05) is 23.1 Å². The van der Waals surface area contributed by atoms with Crippen LogP contribution in [-0.4, -0.2) is 34.1 Å². The molecule has 0 atom stereocenters. The Kier molecular flexibility index (Phi) is 2.87. The number of nitrogens with two attached hydrogens (primary N) is 1. The average molecular weight is 284 g/mol. The van der Waals surface area contributed by atoms with Gasteiger partial charge in [-0.3, -0.25) is 9.89 Å². The summed E-state index contributed by atoms with van der Waals surface area (Å²) in [4.78, 5) is 14.9. The van der Waals surface area contributed by atoms with Crippen molar-refractivity contribution in [3.63, 3.8) is 0 Å². The minimum Gasteiger partial charge on any atom is -0.399 e. The number of anilines is 1. The number of carbonyl (C=O) groups excluding carboxylic acids is 1. The zero-order valence-corrected chi connectivity index (χ0v) is 12.0. The number of amides is 1. The highest BCUT2D eigenvalue weighted by Crippen LogP contribution is 2.34. The number of nitrogens with zero attached hydrogens (tertiary/aromatic N) is 2. The number of aromatic amines is 1. The van der Waals surface area contributed by atoms with Crippen molar-refractivity contribution in [2.75, 3.05) is 18.8 Å². The molecule has 110 valence electrons. The molecule has 2 aromatic rings. The van der Waals surface area contributed by atoms with Crippen LogP contribution in [0, 0.1) is 11.8 Å². The van der Waals surface area contributed by atoms with Crippen molar-refractivity contribution in [2.45, 2.75) is 25.7 Å². The van der Waals surface area contributed by atoms with Gasteiger partial charge in [-0.05, 0) is 55.7 Å². The molecule has 0 radical (unpaired) electrons. The van der Waals surface area contributed by atoms with Crippen LogP contribution >= 0.6 is 0 Å². The lowest BCUT2D eigenvalue weighted by molar-refractivity contribution is 0.0735. The van der Waals surface area contributed by atoms with Crippen LogP contribution in [0.2, 0.25) is 0 Å². The van der Waals surface area contributed by atoms with Crippen LogP contribution in [0.5, 0.6) is 0 Å². The smallest absolute Gasteiger partial charge is 0.275 e. The van der Waals surface area contributed by atoms with Gasteiger partial charge in [0, 0.05) is 24.2 Å². The molecule has 0 saturated heterocycles. The summed E-state index contributed by atoms with van der Waals surface area (Å²) < 4.78 is 0. The molecule has 2 aliphatic rings. The Balaban J connectivity index is 1.64. The lowest BCUT2D eigenvalue weighted by Gasteiger charge is -2.21. The van der Waals surface area contributed by atoms with Crippen LogP contribution in [0.1, 0.15) is 36.2 Å². The molecule has 2 aliphatic carbocycles. The Morgan fingerprint density at radius 1 is 1.24 bits per heavy atom. The van der Waals surface area contributed by atoms with Gasteiger partial charge in [0.25, 0.3) is 5.91 Å². The summed E-state index contributed by atoms with van der Waals surface area (Å²) in [6.45, 7) is 1.76. The zero-order valence-electron chi connectivity index (χ0n) is 12.0. The van der Waals surface area contributed by atoms with Gasteiger partial charge >= 0.3 is 0 Å². The van der Waals surface area contributed by atoms with E-state index in [0.717, 1.165) is 24.0 Å². The predicted octanol–water partition coefficient (Wildman–Crippen LogP) is 2.41. The van der Waals surface area contributed by atoms with Gasteiger partial charge in [-0.15, -0.1) is 0 Å². The number of nitrogens with one attached hydrogen (secondary N) is 1. The fourth-order valence-corrected chi connectivity index (χ4v) is 2.81. The molecule has 0 spiro atoms. The highest BCUT2D eigenvalue weighted by Gasteiger charge is 2.33. The maximum absolute atomic E-state index is 12.9. The van der Waals surface area contributed by atoms with Crippen molar-refractivity contribution in [2.24, 2.45) is 11.8 Å². The number of H-pyrrole nitrogens is 1. The summed E-state index contributed by atoms with van der Waals surface area (Å²) in [7, 11) is 0. The van der Waals surface area contributed by atoms with E-state index in [2.05, 4.69) is 10.2 Å². The molecule has 4 rings (SSSR count). The van der Waals surface area contributed by atoms with E-state index in [0.29, 0.717) is 23.2 Å². The highest BCUT2D eigenvalue weighted by atomic mass is 16.2. The van der Waals surface area contributed by atoms with Crippen LogP contribution in [0.25, 0.3) is 10.9 Å². The largest absolute Gasteiger partial charge is 0.399 e. The van der Waals surface area contributed by atoms with Gasteiger partial charge in [0.2, 0.25) is 0 Å². The van der Waals surface area contributed by atoms with Gasteiger partial charge < -0.3 is 10.6 Å². The van der Waals surface area contributed by atoms with Crippen molar-refractivity contribution < 1.29 is 4.79 Å². The lowest BCUT2D eigenvalue weighted by Crippen LogP contribution is -2.35. The second-order valence-corrected chi connectivity index (χ2v) is 6.47. The molecule has 5 nitrogen and oxygen atoms in total. The van der Waals surface area contributed by atoms with Crippen molar-refractivity contribution in [3.05, 3.63) is 23.9 Å².